The fourth-order valence-electron chi connectivity index (χ4n) is 2.89. The van der Waals surface area contributed by atoms with Gasteiger partial charge in [0.2, 0.25) is 4.96 Å². The third kappa shape index (κ3) is 3.92. The van der Waals surface area contributed by atoms with Crippen LogP contribution >= 0.6 is 22.9 Å². The summed E-state index contributed by atoms with van der Waals surface area (Å²) in [6.45, 7) is 0. The molecule has 0 aliphatic rings. The molecule has 0 radical (unpaired) electrons. The number of thiazole rings is 1. The van der Waals surface area contributed by atoms with E-state index >= 15 is 0 Å². The van der Waals surface area contributed by atoms with Crippen molar-refractivity contribution in [3.8, 4) is 0 Å². The number of aromatic nitrogens is 3. The third-order valence-corrected chi connectivity index (χ3v) is 5.80. The molecule has 6 nitrogen and oxygen atoms in total. The van der Waals surface area contributed by atoms with Crippen LogP contribution in [0.25, 0.3) is 11.0 Å². The lowest BCUT2D eigenvalue weighted by molar-refractivity contribution is 0.811. The Hall–Kier alpha value is -3.03. The zero-order chi connectivity index (χ0) is 20.5. The average molecular weight is 425 g/mol. The second-order valence-electron chi connectivity index (χ2n) is 6.73. The van der Waals surface area contributed by atoms with Crippen LogP contribution < -0.4 is 20.6 Å². The minimum absolute atomic E-state index is 0.187. The monoisotopic (exact) mass is 424 g/mol. The lowest BCUT2D eigenvalue weighted by Gasteiger charge is -2.11. The van der Waals surface area contributed by atoms with Gasteiger partial charge in [0.05, 0.1) is 4.53 Å². The molecule has 29 heavy (non-hydrogen) atoms. The van der Waals surface area contributed by atoms with Crippen LogP contribution in [0.2, 0.25) is 5.02 Å². The van der Waals surface area contributed by atoms with Gasteiger partial charge in [-0.05, 0) is 35.4 Å². The molecule has 0 amide bonds. The van der Waals surface area contributed by atoms with Crippen LogP contribution in [0.1, 0.15) is 16.8 Å². The van der Waals surface area contributed by atoms with Gasteiger partial charge >= 0.3 is 0 Å². The van der Waals surface area contributed by atoms with Crippen LogP contribution in [-0.4, -0.2) is 28.7 Å². The molecule has 0 bridgehead atoms. The zero-order valence-electron chi connectivity index (χ0n) is 15.8. The SMILES string of the molecule is CN(C)c1ccc(/C=c2/sc3nc(=O)c(Cc4ccccc4Cl)nn3c2=O)cc1. The number of halogens is 1. The number of fused-ring (bicyclic) bond motifs is 1. The first-order valence-corrected chi connectivity index (χ1v) is 10.1. The molecule has 2 aromatic carbocycles. The zero-order valence-corrected chi connectivity index (χ0v) is 17.4. The second kappa shape index (κ2) is 7.77. The molecule has 0 atom stereocenters. The van der Waals surface area contributed by atoms with Crippen molar-refractivity contribution in [2.75, 3.05) is 19.0 Å². The highest BCUT2D eigenvalue weighted by atomic mass is 35.5. The van der Waals surface area contributed by atoms with Crippen LogP contribution in [0.4, 0.5) is 5.69 Å². The van der Waals surface area contributed by atoms with Crippen LogP contribution in [0.5, 0.6) is 0 Å². The molecular formula is C21H17ClN4O2S. The minimum atomic E-state index is -0.451. The molecule has 0 unspecified atom stereocenters. The normalized spacial score (nSPS) is 11.9. The molecule has 4 aromatic rings. The van der Waals surface area contributed by atoms with E-state index in [0.717, 1.165) is 28.2 Å². The molecule has 0 N–H and O–H groups in total. The van der Waals surface area contributed by atoms with Gasteiger partial charge in [-0.3, -0.25) is 9.59 Å². The highest BCUT2D eigenvalue weighted by molar-refractivity contribution is 7.15. The maximum atomic E-state index is 12.8. The third-order valence-electron chi connectivity index (χ3n) is 4.47. The van der Waals surface area contributed by atoms with Gasteiger partial charge in [-0.15, -0.1) is 0 Å². The average Bonchev–Trinajstić information content (AvgIpc) is 2.99. The van der Waals surface area contributed by atoms with Crippen molar-refractivity contribution < 1.29 is 0 Å². The van der Waals surface area contributed by atoms with Crippen molar-refractivity contribution in [3.05, 3.63) is 95.6 Å². The second-order valence-corrected chi connectivity index (χ2v) is 8.14. The van der Waals surface area contributed by atoms with E-state index < -0.39 is 5.56 Å². The predicted octanol–water partition coefficient (Wildman–Crippen LogP) is 2.37. The molecule has 8 heteroatoms. The molecule has 146 valence electrons. The van der Waals surface area contributed by atoms with Gasteiger partial charge in [0, 0.05) is 31.2 Å². The lowest BCUT2D eigenvalue weighted by Crippen LogP contribution is -2.28. The van der Waals surface area contributed by atoms with Crippen molar-refractivity contribution in [1.82, 2.24) is 14.6 Å². The van der Waals surface area contributed by atoms with Crippen LogP contribution in [-0.2, 0) is 6.42 Å². The molecule has 4 rings (SSSR count). The van der Waals surface area contributed by atoms with Crippen molar-refractivity contribution >= 4 is 39.7 Å². The summed E-state index contributed by atoms with van der Waals surface area (Å²) in [5.74, 6) is 0. The summed E-state index contributed by atoms with van der Waals surface area (Å²) >= 11 is 7.32. The first-order valence-electron chi connectivity index (χ1n) is 8.87. The van der Waals surface area contributed by atoms with E-state index in [1.165, 1.54) is 4.52 Å². The van der Waals surface area contributed by atoms with E-state index in [2.05, 4.69) is 10.1 Å². The number of nitrogens with zero attached hydrogens (tertiary/aromatic N) is 4. The maximum Gasteiger partial charge on any atom is 0.296 e. The van der Waals surface area contributed by atoms with Gasteiger partial charge in [0.25, 0.3) is 11.1 Å². The Morgan fingerprint density at radius 2 is 1.83 bits per heavy atom. The Bertz CT molecular complexity index is 1360. The maximum absolute atomic E-state index is 12.8. The summed E-state index contributed by atoms with van der Waals surface area (Å²) in [4.78, 5) is 31.5. The lowest BCUT2D eigenvalue weighted by atomic mass is 10.1. The first kappa shape index (κ1) is 19.3. The molecule has 2 heterocycles. The van der Waals surface area contributed by atoms with Crippen LogP contribution in [0.3, 0.4) is 0 Å². The predicted molar refractivity (Wildman–Crippen MR) is 117 cm³/mol. The Kier molecular flexibility index (Phi) is 5.17. The molecule has 0 saturated heterocycles. The summed E-state index contributed by atoms with van der Waals surface area (Å²) in [7, 11) is 3.93. The first-order chi connectivity index (χ1) is 13.9. The van der Waals surface area contributed by atoms with E-state index in [1.807, 2.05) is 61.5 Å². The van der Waals surface area contributed by atoms with E-state index in [1.54, 1.807) is 12.1 Å². The molecule has 2 aromatic heterocycles. The number of anilines is 1. The Balaban J connectivity index is 1.77. The van der Waals surface area contributed by atoms with Gasteiger partial charge < -0.3 is 4.90 Å². The molecule has 0 aliphatic heterocycles. The Morgan fingerprint density at radius 3 is 2.52 bits per heavy atom. The quantitative estimate of drug-likeness (QED) is 0.503. The van der Waals surface area contributed by atoms with Gasteiger partial charge in [-0.2, -0.15) is 14.6 Å². The summed E-state index contributed by atoms with van der Waals surface area (Å²) in [5.41, 5.74) is 2.16. The largest absolute Gasteiger partial charge is 0.378 e. The molecule has 0 fully saturated rings. The van der Waals surface area contributed by atoms with Gasteiger partial charge in [0.1, 0.15) is 5.69 Å². The number of rotatable bonds is 4. The van der Waals surface area contributed by atoms with Crippen LogP contribution in [0.15, 0.2) is 58.1 Å². The van der Waals surface area contributed by atoms with Gasteiger partial charge in [-0.1, -0.05) is 53.3 Å². The fourth-order valence-corrected chi connectivity index (χ4v) is 4.00. The number of hydrogen-bond donors (Lipinski definition) is 0. The van der Waals surface area contributed by atoms with Gasteiger partial charge in [0.15, 0.2) is 0 Å². The summed E-state index contributed by atoms with van der Waals surface area (Å²) in [6.07, 6.45) is 2.00. The molecule has 0 aliphatic carbocycles. The Labute approximate surface area is 175 Å². The standard InChI is InChI=1S/C21H17ClN4O2S/c1-25(2)15-9-7-13(8-10-15)11-18-20(28)26-21(29-18)23-19(27)17(24-26)12-14-5-3-4-6-16(14)22/h3-11H,12H2,1-2H3/b18-11+. The smallest absolute Gasteiger partial charge is 0.296 e. The topological polar surface area (TPSA) is 67.6 Å². The van der Waals surface area contributed by atoms with Crippen molar-refractivity contribution in [2.24, 2.45) is 0 Å². The minimum Gasteiger partial charge on any atom is -0.378 e. The van der Waals surface area contributed by atoms with E-state index in [0.29, 0.717) is 9.55 Å². The molecule has 0 spiro atoms. The van der Waals surface area contributed by atoms with Crippen molar-refractivity contribution in [3.63, 3.8) is 0 Å². The Morgan fingerprint density at radius 1 is 1.10 bits per heavy atom. The highest BCUT2D eigenvalue weighted by Gasteiger charge is 2.13. The van der Waals surface area contributed by atoms with Crippen LogP contribution in [0, 0.1) is 0 Å². The van der Waals surface area contributed by atoms with Crippen molar-refractivity contribution in [1.29, 1.82) is 0 Å². The van der Waals surface area contributed by atoms with Crippen molar-refractivity contribution in [2.45, 2.75) is 6.42 Å². The highest BCUT2D eigenvalue weighted by Crippen LogP contribution is 2.17. The number of hydrogen-bond acceptors (Lipinski definition) is 6. The fraction of sp³-hybridized carbons (Fsp3) is 0.143. The van der Waals surface area contributed by atoms with E-state index in [4.69, 9.17) is 11.6 Å². The van der Waals surface area contributed by atoms with Gasteiger partial charge in [-0.25, -0.2) is 0 Å². The van der Waals surface area contributed by atoms with E-state index in [9.17, 15) is 9.59 Å². The van der Waals surface area contributed by atoms with E-state index in [-0.39, 0.29) is 22.6 Å². The summed E-state index contributed by atoms with van der Waals surface area (Å²) in [6, 6.07) is 15.0. The molecule has 0 saturated carbocycles. The summed E-state index contributed by atoms with van der Waals surface area (Å²) in [5, 5.41) is 4.81. The molecular weight excluding hydrogens is 408 g/mol. The number of benzene rings is 2. The summed E-state index contributed by atoms with van der Waals surface area (Å²) < 4.78 is 1.66.